The van der Waals surface area contributed by atoms with E-state index in [4.69, 9.17) is 15.2 Å². The Morgan fingerprint density at radius 1 is 1.00 bits per heavy atom. The number of imidazole rings is 1. The van der Waals surface area contributed by atoms with Gasteiger partial charge in [-0.2, -0.15) is 31.3 Å². The van der Waals surface area contributed by atoms with Crippen LogP contribution in [-0.4, -0.2) is 64.6 Å². The highest BCUT2D eigenvalue weighted by Gasteiger charge is 2.38. The Hall–Kier alpha value is -2.59. The van der Waals surface area contributed by atoms with Crippen LogP contribution in [0.25, 0.3) is 11.2 Å². The zero-order valence-corrected chi connectivity index (χ0v) is 22.1. The van der Waals surface area contributed by atoms with Gasteiger partial charge in [0.15, 0.2) is 18.9 Å². The Morgan fingerprint density at radius 2 is 1.64 bits per heavy atom. The van der Waals surface area contributed by atoms with Crippen molar-refractivity contribution in [3.05, 3.63) is 30.6 Å². The van der Waals surface area contributed by atoms with E-state index in [0.29, 0.717) is 22.8 Å². The standard InChI is InChI=1S/C21H24F6N5O5PS/c1-2-8-35-14-3-5-15(6-4-14)39-18-16-17(30-19(28)31-18)32(12-29-16)7-9-34-13-38(33,36-10-20(22,23)24)37-11-21(25,26)27/h3-6,12H,2,7-11,13H2,1H3,(H2,28,30,31). The average Bonchev–Trinajstić information content (AvgIpc) is 3.26. The van der Waals surface area contributed by atoms with Gasteiger partial charge in [-0.05, 0) is 30.7 Å². The molecule has 0 aliphatic heterocycles. The van der Waals surface area contributed by atoms with Crippen LogP contribution in [0.3, 0.4) is 0 Å². The molecular formula is C21H24F6N5O5PS. The fourth-order valence-electron chi connectivity index (χ4n) is 2.90. The number of rotatable bonds is 14. The second-order valence-corrected chi connectivity index (χ2v) is 10.9. The molecule has 10 nitrogen and oxygen atoms in total. The molecule has 0 spiro atoms. The number of fused-ring (bicyclic) bond motifs is 1. The summed E-state index contributed by atoms with van der Waals surface area (Å²) in [5.74, 6) is 0.663. The molecule has 0 saturated carbocycles. The second-order valence-electron chi connectivity index (χ2n) is 7.84. The first-order chi connectivity index (χ1) is 18.3. The third kappa shape index (κ3) is 10.1. The number of nitrogens with zero attached hydrogens (tertiary/aromatic N) is 4. The lowest BCUT2D eigenvalue weighted by Crippen LogP contribution is -2.21. The van der Waals surface area contributed by atoms with Crippen LogP contribution in [0.1, 0.15) is 13.3 Å². The Bertz CT molecular complexity index is 1250. The number of alkyl halides is 6. The lowest BCUT2D eigenvalue weighted by Gasteiger charge is -2.20. The molecule has 0 aliphatic rings. The van der Waals surface area contributed by atoms with Gasteiger partial charge in [-0.1, -0.05) is 18.7 Å². The lowest BCUT2D eigenvalue weighted by molar-refractivity contribution is -0.166. The number of hydrogen-bond donors (Lipinski definition) is 1. The summed E-state index contributed by atoms with van der Waals surface area (Å²) in [6.07, 6.45) is -8.75. The normalized spacial score (nSPS) is 12.8. The van der Waals surface area contributed by atoms with Crippen LogP contribution >= 0.6 is 19.4 Å². The third-order valence-corrected chi connectivity index (χ3v) is 7.07. The molecule has 0 fully saturated rings. The molecule has 2 N–H and O–H groups in total. The number of anilines is 1. The maximum Gasteiger partial charge on any atom is 0.412 e. The van der Waals surface area contributed by atoms with Crippen LogP contribution in [0.2, 0.25) is 0 Å². The molecule has 0 bridgehead atoms. The van der Waals surface area contributed by atoms with Gasteiger partial charge in [0.25, 0.3) is 0 Å². The van der Waals surface area contributed by atoms with Gasteiger partial charge in [-0.15, -0.1) is 0 Å². The number of aromatic nitrogens is 4. The first-order valence-corrected chi connectivity index (χ1v) is 13.8. The van der Waals surface area contributed by atoms with Crippen LogP contribution in [0.15, 0.2) is 40.5 Å². The molecule has 0 radical (unpaired) electrons. The molecule has 0 unspecified atom stereocenters. The van der Waals surface area contributed by atoms with Gasteiger partial charge in [0.2, 0.25) is 5.95 Å². The maximum atomic E-state index is 12.4. The van der Waals surface area contributed by atoms with Crippen LogP contribution in [-0.2, 0) is 24.9 Å². The van der Waals surface area contributed by atoms with Crippen molar-refractivity contribution in [2.75, 3.05) is 38.5 Å². The Morgan fingerprint density at radius 3 is 2.23 bits per heavy atom. The van der Waals surface area contributed by atoms with E-state index in [0.717, 1.165) is 17.1 Å². The maximum absolute atomic E-state index is 12.4. The van der Waals surface area contributed by atoms with Gasteiger partial charge < -0.3 is 19.8 Å². The van der Waals surface area contributed by atoms with Crippen molar-refractivity contribution in [1.82, 2.24) is 19.5 Å². The van der Waals surface area contributed by atoms with Gasteiger partial charge >= 0.3 is 19.9 Å². The van der Waals surface area contributed by atoms with Crippen LogP contribution < -0.4 is 10.5 Å². The van der Waals surface area contributed by atoms with Crippen molar-refractivity contribution in [3.8, 4) is 5.75 Å². The molecule has 2 heterocycles. The summed E-state index contributed by atoms with van der Waals surface area (Å²) in [6, 6.07) is 7.30. The number of ether oxygens (including phenoxy) is 2. The highest BCUT2D eigenvalue weighted by Crippen LogP contribution is 2.50. The smallest absolute Gasteiger partial charge is 0.412 e. The molecule has 216 valence electrons. The van der Waals surface area contributed by atoms with Crippen molar-refractivity contribution in [2.45, 2.75) is 42.2 Å². The van der Waals surface area contributed by atoms with E-state index in [9.17, 15) is 30.9 Å². The summed E-state index contributed by atoms with van der Waals surface area (Å²) >= 11 is 1.28. The second kappa shape index (κ2) is 13.2. The van der Waals surface area contributed by atoms with Crippen molar-refractivity contribution in [2.24, 2.45) is 0 Å². The minimum Gasteiger partial charge on any atom is -0.494 e. The Labute approximate surface area is 222 Å². The minimum absolute atomic E-state index is 0.0148. The largest absolute Gasteiger partial charge is 0.494 e. The average molecular weight is 603 g/mol. The van der Waals surface area contributed by atoms with E-state index in [-0.39, 0.29) is 19.1 Å². The molecule has 2 aromatic heterocycles. The molecule has 0 amide bonds. The van der Waals surface area contributed by atoms with Crippen molar-refractivity contribution in [3.63, 3.8) is 0 Å². The number of nitrogens with two attached hydrogens (primary N) is 1. The van der Waals surface area contributed by atoms with Gasteiger partial charge in [0.1, 0.15) is 22.6 Å². The minimum atomic E-state index is -4.94. The molecule has 0 saturated heterocycles. The van der Waals surface area contributed by atoms with Crippen LogP contribution in [0.5, 0.6) is 5.75 Å². The summed E-state index contributed by atoms with van der Waals surface area (Å²) in [4.78, 5) is 13.5. The van der Waals surface area contributed by atoms with E-state index < -0.39 is 39.5 Å². The fraction of sp³-hybridized carbons (Fsp3) is 0.476. The van der Waals surface area contributed by atoms with E-state index >= 15 is 0 Å². The number of halogens is 6. The molecule has 0 aliphatic carbocycles. The van der Waals surface area contributed by atoms with Crippen molar-refractivity contribution < 1.29 is 49.4 Å². The molecule has 1 aromatic carbocycles. The number of benzene rings is 1. The van der Waals surface area contributed by atoms with Gasteiger partial charge in [-0.25, -0.2) is 9.97 Å². The predicted molar refractivity (Wildman–Crippen MR) is 129 cm³/mol. The fourth-order valence-corrected chi connectivity index (χ4v) is 5.04. The predicted octanol–water partition coefficient (Wildman–Crippen LogP) is 5.67. The summed E-state index contributed by atoms with van der Waals surface area (Å²) < 4.78 is 107. The van der Waals surface area contributed by atoms with Gasteiger partial charge in [0, 0.05) is 11.4 Å². The van der Waals surface area contributed by atoms with Crippen molar-refractivity contribution >= 4 is 36.5 Å². The highest BCUT2D eigenvalue weighted by atomic mass is 32.2. The zero-order valence-electron chi connectivity index (χ0n) is 20.4. The van der Waals surface area contributed by atoms with E-state index in [1.54, 1.807) is 0 Å². The van der Waals surface area contributed by atoms with E-state index in [1.807, 2.05) is 31.2 Å². The van der Waals surface area contributed by atoms with Crippen molar-refractivity contribution in [1.29, 1.82) is 0 Å². The molecule has 3 rings (SSSR count). The monoisotopic (exact) mass is 603 g/mol. The Kier molecular flexibility index (Phi) is 10.5. The van der Waals surface area contributed by atoms with Gasteiger partial charge in [-0.3, -0.25) is 13.6 Å². The Balaban J connectivity index is 1.65. The number of hydrogen-bond acceptors (Lipinski definition) is 10. The molecule has 0 atom stereocenters. The summed E-state index contributed by atoms with van der Waals surface area (Å²) in [5, 5.41) is 0.449. The van der Waals surface area contributed by atoms with Crippen LogP contribution in [0, 0.1) is 0 Å². The third-order valence-electron chi connectivity index (χ3n) is 4.54. The molecule has 39 heavy (non-hydrogen) atoms. The highest BCUT2D eigenvalue weighted by molar-refractivity contribution is 7.99. The zero-order chi connectivity index (χ0) is 28.7. The van der Waals surface area contributed by atoms with E-state index in [1.165, 1.54) is 22.7 Å². The van der Waals surface area contributed by atoms with Crippen LogP contribution in [0.4, 0.5) is 32.3 Å². The first kappa shape index (κ1) is 30.9. The topological polar surface area (TPSA) is 124 Å². The van der Waals surface area contributed by atoms with Gasteiger partial charge in [0.05, 0.1) is 19.5 Å². The summed E-state index contributed by atoms with van der Waals surface area (Å²) in [7, 11) is -4.88. The summed E-state index contributed by atoms with van der Waals surface area (Å²) in [6.45, 7) is -1.86. The first-order valence-electron chi connectivity index (χ1n) is 11.3. The number of nitrogen functional groups attached to an aromatic ring is 1. The van der Waals surface area contributed by atoms with E-state index in [2.05, 4.69) is 24.0 Å². The summed E-state index contributed by atoms with van der Waals surface area (Å²) in [5.41, 5.74) is 6.56. The molecular weight excluding hydrogens is 579 g/mol. The quantitative estimate of drug-likeness (QED) is 0.107. The lowest BCUT2D eigenvalue weighted by atomic mass is 10.3. The molecule has 18 heteroatoms. The molecule has 3 aromatic rings. The SMILES string of the molecule is CCCOc1ccc(Sc2nc(N)nc3c2ncn3CCOCP(=O)(OCC(F)(F)F)OCC(F)(F)F)cc1.